The summed E-state index contributed by atoms with van der Waals surface area (Å²) in [5, 5.41) is 0. The van der Waals surface area contributed by atoms with E-state index in [1.807, 2.05) is 48.8 Å². The summed E-state index contributed by atoms with van der Waals surface area (Å²) in [6.45, 7) is 0. The van der Waals surface area contributed by atoms with Gasteiger partial charge in [0, 0.05) is 35.1 Å². The molecule has 3 aromatic carbocycles. The van der Waals surface area contributed by atoms with Crippen LogP contribution in [0.15, 0.2) is 97.3 Å². The van der Waals surface area contributed by atoms with E-state index in [9.17, 15) is 0 Å². The lowest BCUT2D eigenvalue weighted by molar-refractivity contribution is 0.415. The minimum absolute atomic E-state index is 0.835. The van der Waals surface area contributed by atoms with Crippen molar-refractivity contribution in [2.24, 2.45) is 0 Å². The predicted octanol–water partition coefficient (Wildman–Crippen LogP) is 5.96. The van der Waals surface area contributed by atoms with Crippen molar-refractivity contribution in [2.45, 2.75) is 0 Å². The number of ether oxygens (including phenoxy) is 2. The van der Waals surface area contributed by atoms with E-state index in [4.69, 9.17) is 9.47 Å². The Morgan fingerprint density at radius 3 is 1.36 bits per heavy atom. The number of methoxy groups -OCH3 is 2. The Labute approximate surface area is 165 Å². The van der Waals surface area contributed by atoms with Gasteiger partial charge < -0.3 is 18.9 Å². The molecule has 0 amide bonds. The van der Waals surface area contributed by atoms with Crippen LogP contribution >= 0.6 is 0 Å². The molecule has 0 spiro atoms. The molecular weight excluding hydrogens is 348 g/mol. The lowest BCUT2D eigenvalue weighted by Gasteiger charge is -2.26. The molecule has 0 atom stereocenters. The van der Waals surface area contributed by atoms with Crippen molar-refractivity contribution in [2.75, 3.05) is 19.1 Å². The zero-order valence-electron chi connectivity index (χ0n) is 15.9. The largest absolute Gasteiger partial charge is 0.497 e. The molecule has 28 heavy (non-hydrogen) atoms. The fraction of sp³-hybridized carbons (Fsp3) is 0.0833. The van der Waals surface area contributed by atoms with Crippen molar-refractivity contribution in [3.63, 3.8) is 0 Å². The SMILES string of the molecule is COc1ccc(N(c2ccc(OC)cc2)c2ccc(-n3cccc3)cc2)cc1. The van der Waals surface area contributed by atoms with Crippen LogP contribution in [0.2, 0.25) is 0 Å². The number of hydrogen-bond donors (Lipinski definition) is 0. The first-order valence-electron chi connectivity index (χ1n) is 9.10. The highest BCUT2D eigenvalue weighted by molar-refractivity contribution is 5.77. The Morgan fingerprint density at radius 2 is 0.964 bits per heavy atom. The molecule has 0 radical (unpaired) electrons. The summed E-state index contributed by atoms with van der Waals surface area (Å²) in [6, 6.07) is 28.7. The van der Waals surface area contributed by atoms with E-state index in [-0.39, 0.29) is 0 Å². The van der Waals surface area contributed by atoms with Gasteiger partial charge in [-0.25, -0.2) is 0 Å². The third-order valence-electron chi connectivity index (χ3n) is 4.67. The van der Waals surface area contributed by atoms with Crippen LogP contribution in [0.5, 0.6) is 11.5 Å². The van der Waals surface area contributed by atoms with Crippen LogP contribution in [0.4, 0.5) is 17.1 Å². The van der Waals surface area contributed by atoms with E-state index in [2.05, 4.69) is 58.0 Å². The van der Waals surface area contributed by atoms with Gasteiger partial charge >= 0.3 is 0 Å². The van der Waals surface area contributed by atoms with Crippen molar-refractivity contribution in [3.8, 4) is 17.2 Å². The molecule has 0 unspecified atom stereocenters. The Bertz CT molecular complexity index is 958. The Hall–Kier alpha value is -3.66. The molecule has 0 aliphatic heterocycles. The number of aromatic nitrogens is 1. The highest BCUT2D eigenvalue weighted by Crippen LogP contribution is 2.36. The molecule has 0 aliphatic rings. The van der Waals surface area contributed by atoms with Crippen LogP contribution in [-0.4, -0.2) is 18.8 Å². The van der Waals surface area contributed by atoms with Gasteiger partial charge in [-0.2, -0.15) is 0 Å². The van der Waals surface area contributed by atoms with Crippen LogP contribution in [0.25, 0.3) is 5.69 Å². The van der Waals surface area contributed by atoms with Gasteiger partial charge in [0.1, 0.15) is 11.5 Å². The first-order valence-corrected chi connectivity index (χ1v) is 9.10. The van der Waals surface area contributed by atoms with Crippen LogP contribution in [0, 0.1) is 0 Å². The summed E-state index contributed by atoms with van der Waals surface area (Å²) >= 11 is 0. The number of nitrogens with zero attached hydrogens (tertiary/aromatic N) is 2. The van der Waals surface area contributed by atoms with E-state index >= 15 is 0 Å². The lowest BCUT2D eigenvalue weighted by atomic mass is 10.1. The third kappa shape index (κ3) is 3.58. The maximum atomic E-state index is 5.31. The van der Waals surface area contributed by atoms with Gasteiger partial charge in [-0.05, 0) is 84.9 Å². The predicted molar refractivity (Wildman–Crippen MR) is 114 cm³/mol. The van der Waals surface area contributed by atoms with E-state index in [1.54, 1.807) is 14.2 Å². The molecule has 0 saturated carbocycles. The monoisotopic (exact) mass is 370 g/mol. The van der Waals surface area contributed by atoms with Crippen LogP contribution < -0.4 is 14.4 Å². The first kappa shape index (κ1) is 17.7. The molecule has 0 N–H and O–H groups in total. The second kappa shape index (κ2) is 7.92. The van der Waals surface area contributed by atoms with E-state index < -0.39 is 0 Å². The second-order valence-electron chi connectivity index (χ2n) is 6.34. The molecule has 0 saturated heterocycles. The van der Waals surface area contributed by atoms with E-state index in [0.29, 0.717) is 0 Å². The third-order valence-corrected chi connectivity index (χ3v) is 4.67. The highest BCUT2D eigenvalue weighted by Gasteiger charge is 2.13. The summed E-state index contributed by atoms with van der Waals surface area (Å²) < 4.78 is 12.7. The summed E-state index contributed by atoms with van der Waals surface area (Å²) in [4.78, 5) is 2.21. The minimum Gasteiger partial charge on any atom is -0.497 e. The zero-order valence-corrected chi connectivity index (χ0v) is 15.9. The van der Waals surface area contributed by atoms with Gasteiger partial charge in [0.25, 0.3) is 0 Å². The highest BCUT2D eigenvalue weighted by atomic mass is 16.5. The molecule has 0 fully saturated rings. The molecule has 0 aliphatic carbocycles. The second-order valence-corrected chi connectivity index (χ2v) is 6.34. The number of benzene rings is 3. The molecule has 1 aromatic heterocycles. The molecule has 4 nitrogen and oxygen atoms in total. The summed E-state index contributed by atoms with van der Waals surface area (Å²) in [7, 11) is 3.35. The Balaban J connectivity index is 1.75. The molecular formula is C24H22N2O2. The van der Waals surface area contributed by atoms with Gasteiger partial charge in [0.05, 0.1) is 14.2 Å². The smallest absolute Gasteiger partial charge is 0.119 e. The van der Waals surface area contributed by atoms with Crippen molar-refractivity contribution < 1.29 is 9.47 Å². The van der Waals surface area contributed by atoms with E-state index in [1.165, 1.54) is 0 Å². The lowest BCUT2D eigenvalue weighted by Crippen LogP contribution is -2.10. The average molecular weight is 370 g/mol. The van der Waals surface area contributed by atoms with Crippen LogP contribution in [0.1, 0.15) is 0 Å². The van der Waals surface area contributed by atoms with Gasteiger partial charge in [-0.1, -0.05) is 0 Å². The number of rotatable bonds is 6. The normalized spacial score (nSPS) is 10.5. The number of hydrogen-bond acceptors (Lipinski definition) is 3. The van der Waals surface area contributed by atoms with Gasteiger partial charge in [-0.3, -0.25) is 0 Å². The van der Waals surface area contributed by atoms with Crippen molar-refractivity contribution in [1.82, 2.24) is 4.57 Å². The maximum Gasteiger partial charge on any atom is 0.119 e. The zero-order chi connectivity index (χ0) is 19.3. The topological polar surface area (TPSA) is 26.6 Å². The van der Waals surface area contributed by atoms with E-state index in [0.717, 1.165) is 34.2 Å². The first-order chi connectivity index (χ1) is 13.8. The van der Waals surface area contributed by atoms with Crippen molar-refractivity contribution in [3.05, 3.63) is 97.3 Å². The fourth-order valence-electron chi connectivity index (χ4n) is 3.19. The Morgan fingerprint density at radius 1 is 0.571 bits per heavy atom. The van der Waals surface area contributed by atoms with Crippen LogP contribution in [-0.2, 0) is 0 Å². The van der Waals surface area contributed by atoms with Crippen LogP contribution in [0.3, 0.4) is 0 Å². The molecule has 140 valence electrons. The Kier molecular flexibility index (Phi) is 5.02. The quantitative estimate of drug-likeness (QED) is 0.419. The molecule has 4 heteroatoms. The summed E-state index contributed by atoms with van der Waals surface area (Å²) in [5.74, 6) is 1.67. The minimum atomic E-state index is 0.835. The van der Waals surface area contributed by atoms with Crippen molar-refractivity contribution >= 4 is 17.1 Å². The standard InChI is InChI=1S/C24H22N2O2/c1-27-23-13-9-21(10-14-23)26(22-11-15-24(28-2)16-12-22)20-7-5-19(6-8-20)25-17-3-4-18-25/h3-18H,1-2H3. The molecule has 1 heterocycles. The van der Waals surface area contributed by atoms with Gasteiger partial charge in [-0.15, -0.1) is 0 Å². The molecule has 4 rings (SSSR count). The molecule has 0 bridgehead atoms. The maximum absolute atomic E-state index is 5.31. The van der Waals surface area contributed by atoms with Gasteiger partial charge in [0.2, 0.25) is 0 Å². The summed E-state index contributed by atoms with van der Waals surface area (Å²) in [6.07, 6.45) is 4.08. The average Bonchev–Trinajstić information content (AvgIpc) is 3.30. The molecule has 4 aromatic rings. The van der Waals surface area contributed by atoms with Gasteiger partial charge in [0.15, 0.2) is 0 Å². The number of anilines is 3. The summed E-state index contributed by atoms with van der Waals surface area (Å²) in [5.41, 5.74) is 4.31. The van der Waals surface area contributed by atoms with Crippen molar-refractivity contribution in [1.29, 1.82) is 0 Å². The fourth-order valence-corrected chi connectivity index (χ4v) is 3.19.